The molecule has 7 nitrogen and oxygen atoms in total. The van der Waals surface area contributed by atoms with Crippen LogP contribution in [0.15, 0.2) is 83.3 Å². The van der Waals surface area contributed by atoms with E-state index in [1.807, 2.05) is 37.4 Å². The van der Waals surface area contributed by atoms with Crippen molar-refractivity contribution in [2.24, 2.45) is 0 Å². The predicted molar refractivity (Wildman–Crippen MR) is 173 cm³/mol. The number of amides is 1. The van der Waals surface area contributed by atoms with Gasteiger partial charge in [0.25, 0.3) is 5.91 Å². The van der Waals surface area contributed by atoms with E-state index in [0.717, 1.165) is 42.9 Å². The highest BCUT2D eigenvalue weighted by atomic mass is 35.5. The first-order valence-electron chi connectivity index (χ1n) is 14.7. The summed E-state index contributed by atoms with van der Waals surface area (Å²) in [5.74, 6) is 1.25. The van der Waals surface area contributed by atoms with Crippen molar-refractivity contribution in [3.8, 4) is 17.4 Å². The number of nitrogens with zero attached hydrogens (tertiary/aromatic N) is 1. The van der Waals surface area contributed by atoms with Crippen molar-refractivity contribution in [3.05, 3.63) is 117 Å². The van der Waals surface area contributed by atoms with E-state index in [1.165, 1.54) is 11.1 Å². The number of carbonyl (C=O) groups excluding carboxylic acids is 1. The topological polar surface area (TPSA) is 102 Å². The number of furan rings is 1. The van der Waals surface area contributed by atoms with Crippen LogP contribution in [0.5, 0.6) is 0 Å². The molecule has 224 valence electrons. The highest BCUT2D eigenvalue weighted by Gasteiger charge is 2.19. The van der Waals surface area contributed by atoms with Crippen molar-refractivity contribution >= 4 is 17.5 Å². The maximum Gasteiger partial charge on any atom is 0.253 e. The van der Waals surface area contributed by atoms with Gasteiger partial charge in [-0.25, -0.2) is 0 Å². The zero-order chi connectivity index (χ0) is 30.6. The fraction of sp³-hybridized carbons (Fsp3) is 0.314. The molecule has 3 aromatic carbocycles. The average molecular weight is 598 g/mol. The Kier molecular flexibility index (Phi) is 12.0. The number of aryl methyl sites for hydroxylation is 1. The van der Waals surface area contributed by atoms with Gasteiger partial charge in [0.05, 0.1) is 28.8 Å². The molecule has 0 aliphatic carbocycles. The van der Waals surface area contributed by atoms with Crippen LogP contribution in [0.2, 0.25) is 5.02 Å². The van der Waals surface area contributed by atoms with Crippen LogP contribution in [-0.2, 0) is 13.0 Å². The summed E-state index contributed by atoms with van der Waals surface area (Å²) in [6.45, 7) is 7.25. The van der Waals surface area contributed by atoms with Crippen LogP contribution < -0.4 is 21.3 Å². The van der Waals surface area contributed by atoms with Gasteiger partial charge in [-0.15, -0.1) is 0 Å². The Hall–Kier alpha value is -3.93. The van der Waals surface area contributed by atoms with Gasteiger partial charge in [0.15, 0.2) is 0 Å². The molecule has 0 aliphatic heterocycles. The van der Waals surface area contributed by atoms with E-state index in [2.05, 4.69) is 65.4 Å². The Morgan fingerprint density at radius 3 is 2.47 bits per heavy atom. The summed E-state index contributed by atoms with van der Waals surface area (Å²) in [5, 5.41) is 22.7. The molecule has 1 amide bonds. The third kappa shape index (κ3) is 9.54. The van der Waals surface area contributed by atoms with Crippen LogP contribution in [0.25, 0.3) is 11.3 Å². The van der Waals surface area contributed by atoms with Gasteiger partial charge in [0, 0.05) is 30.7 Å². The van der Waals surface area contributed by atoms with E-state index in [4.69, 9.17) is 21.3 Å². The quantitative estimate of drug-likeness (QED) is 0.122. The van der Waals surface area contributed by atoms with E-state index in [0.29, 0.717) is 34.9 Å². The minimum atomic E-state index is -0.235. The van der Waals surface area contributed by atoms with Gasteiger partial charge in [0.1, 0.15) is 11.5 Å². The number of benzene rings is 3. The zero-order valence-electron chi connectivity index (χ0n) is 25.0. The second-order valence-corrected chi connectivity index (χ2v) is 11.2. The molecule has 4 N–H and O–H groups in total. The molecule has 2 atom stereocenters. The number of carbonyl (C=O) groups is 1. The molecule has 0 saturated carbocycles. The SMILES string of the molecule is CNCCNCC[C@@H](Cc1ccc(C#N)cc1)NC(=O)c1cc(-c2ccc(CN[C@H](C)c3ccc(C)cc3)o2)ccc1Cl. The Morgan fingerprint density at radius 1 is 0.977 bits per heavy atom. The van der Waals surface area contributed by atoms with E-state index in [-0.39, 0.29) is 18.0 Å². The number of nitrogens with one attached hydrogen (secondary N) is 4. The average Bonchev–Trinajstić information content (AvgIpc) is 3.49. The second-order valence-electron chi connectivity index (χ2n) is 10.8. The van der Waals surface area contributed by atoms with Crippen molar-refractivity contribution in [1.82, 2.24) is 21.3 Å². The lowest BCUT2D eigenvalue weighted by atomic mass is 10.0. The van der Waals surface area contributed by atoms with Crippen molar-refractivity contribution in [1.29, 1.82) is 5.26 Å². The summed E-state index contributed by atoms with van der Waals surface area (Å²) >= 11 is 6.52. The molecule has 0 spiro atoms. The molecule has 0 fully saturated rings. The zero-order valence-corrected chi connectivity index (χ0v) is 25.8. The van der Waals surface area contributed by atoms with Crippen LogP contribution >= 0.6 is 11.6 Å². The fourth-order valence-electron chi connectivity index (χ4n) is 4.81. The molecular weight excluding hydrogens is 558 g/mol. The van der Waals surface area contributed by atoms with Crippen LogP contribution in [0.4, 0.5) is 0 Å². The maximum atomic E-state index is 13.5. The Balaban J connectivity index is 1.42. The molecule has 0 bridgehead atoms. The summed E-state index contributed by atoms with van der Waals surface area (Å²) in [6, 6.07) is 27.4. The fourth-order valence-corrected chi connectivity index (χ4v) is 5.01. The molecular formula is C35H40ClN5O2. The number of hydrogen-bond acceptors (Lipinski definition) is 6. The molecule has 0 radical (unpaired) electrons. The van der Waals surface area contributed by atoms with Crippen molar-refractivity contribution < 1.29 is 9.21 Å². The van der Waals surface area contributed by atoms with Gasteiger partial charge >= 0.3 is 0 Å². The summed E-state index contributed by atoms with van der Waals surface area (Å²) in [6.07, 6.45) is 1.38. The second kappa shape index (κ2) is 16.1. The minimum Gasteiger partial charge on any atom is -0.460 e. The molecule has 4 rings (SSSR count). The van der Waals surface area contributed by atoms with Gasteiger partial charge in [-0.3, -0.25) is 4.79 Å². The standard InChI is InChI=1S/C35H40ClN5O2/c1-24-4-10-28(11-5-24)25(2)40-23-31-13-15-34(43-31)29-12-14-33(36)32(21-29)35(42)41-30(16-17-39-19-18-38-3)20-26-6-8-27(22-37)9-7-26/h4-15,21,25,30,38-40H,16-20,23H2,1-3H3,(H,41,42)/t25-,30+/m1/s1. The lowest BCUT2D eigenvalue weighted by Gasteiger charge is -2.20. The third-order valence-electron chi connectivity index (χ3n) is 7.44. The first-order valence-corrected chi connectivity index (χ1v) is 15.1. The van der Waals surface area contributed by atoms with Gasteiger partial charge < -0.3 is 25.7 Å². The maximum absolute atomic E-state index is 13.5. The molecule has 0 unspecified atom stereocenters. The predicted octanol–water partition coefficient (Wildman–Crippen LogP) is 6.17. The smallest absolute Gasteiger partial charge is 0.253 e. The van der Waals surface area contributed by atoms with Gasteiger partial charge in [-0.2, -0.15) is 5.26 Å². The Morgan fingerprint density at radius 2 is 1.74 bits per heavy atom. The normalized spacial score (nSPS) is 12.4. The van der Waals surface area contributed by atoms with Gasteiger partial charge in [-0.1, -0.05) is 53.6 Å². The number of halogens is 1. The van der Waals surface area contributed by atoms with Crippen molar-refractivity contribution in [3.63, 3.8) is 0 Å². The van der Waals surface area contributed by atoms with E-state index in [9.17, 15) is 4.79 Å². The lowest BCUT2D eigenvalue weighted by molar-refractivity contribution is 0.0935. The lowest BCUT2D eigenvalue weighted by Crippen LogP contribution is -2.39. The van der Waals surface area contributed by atoms with Gasteiger partial charge in [-0.05, 0) is 93.9 Å². The number of rotatable bonds is 15. The highest BCUT2D eigenvalue weighted by Crippen LogP contribution is 2.27. The van der Waals surface area contributed by atoms with E-state index in [1.54, 1.807) is 24.3 Å². The molecule has 4 aromatic rings. The minimum absolute atomic E-state index is 0.126. The van der Waals surface area contributed by atoms with Crippen LogP contribution in [0.3, 0.4) is 0 Å². The Labute approximate surface area is 259 Å². The summed E-state index contributed by atoms with van der Waals surface area (Å²) < 4.78 is 6.14. The first-order chi connectivity index (χ1) is 20.9. The third-order valence-corrected chi connectivity index (χ3v) is 7.77. The first kappa shape index (κ1) is 32.0. The van der Waals surface area contributed by atoms with Crippen molar-refractivity contribution in [2.45, 2.75) is 45.3 Å². The largest absolute Gasteiger partial charge is 0.460 e. The van der Waals surface area contributed by atoms with E-state index >= 15 is 0 Å². The number of hydrogen-bond donors (Lipinski definition) is 4. The van der Waals surface area contributed by atoms with Crippen LogP contribution in [-0.4, -0.2) is 38.6 Å². The molecule has 0 aliphatic rings. The molecule has 43 heavy (non-hydrogen) atoms. The van der Waals surface area contributed by atoms with Crippen LogP contribution in [0.1, 0.15) is 57.8 Å². The van der Waals surface area contributed by atoms with Crippen LogP contribution in [0, 0.1) is 18.3 Å². The van der Waals surface area contributed by atoms with Gasteiger partial charge in [0.2, 0.25) is 0 Å². The number of likely N-dealkylation sites (N-methyl/N-ethyl adjacent to an activating group) is 1. The summed E-state index contributed by atoms with van der Waals surface area (Å²) in [4.78, 5) is 13.5. The summed E-state index contributed by atoms with van der Waals surface area (Å²) in [7, 11) is 1.92. The highest BCUT2D eigenvalue weighted by molar-refractivity contribution is 6.34. The molecule has 1 aromatic heterocycles. The number of nitriles is 1. The molecule has 1 heterocycles. The van der Waals surface area contributed by atoms with E-state index < -0.39 is 0 Å². The Bertz CT molecular complexity index is 1510. The van der Waals surface area contributed by atoms with Crippen molar-refractivity contribution in [2.75, 3.05) is 26.7 Å². The molecule has 0 saturated heterocycles. The summed E-state index contributed by atoms with van der Waals surface area (Å²) in [5.41, 5.74) is 5.30. The molecule has 8 heteroatoms. The monoisotopic (exact) mass is 597 g/mol.